The lowest BCUT2D eigenvalue weighted by molar-refractivity contribution is -0.0112. The van der Waals surface area contributed by atoms with Gasteiger partial charge in [0.2, 0.25) is 0 Å². The largest absolute Gasteiger partial charge is 0.461 e. The molecule has 1 aliphatic rings. The van der Waals surface area contributed by atoms with Gasteiger partial charge in [0.1, 0.15) is 12.0 Å². The molecule has 0 amide bonds. The number of carbonyl (C=O) groups excluding carboxylic acids is 2. The van der Waals surface area contributed by atoms with Gasteiger partial charge in [0.05, 0.1) is 16.4 Å². The lowest BCUT2D eigenvalue weighted by Crippen LogP contribution is -2.36. The standard InChI is InChI=1S/C27H21FO5S/c28-23-24(33-26(30)21-12-10-17-6-2-4-8-19(17)14-21)22(34-27(23)31)15-32-25(29)20-11-9-16-5-1-3-7-18(16)13-20/h1-14,22-24,27,31H,15H2/t22-,23+,24-,27-/m1/s1. The van der Waals surface area contributed by atoms with Crippen molar-refractivity contribution in [1.29, 1.82) is 0 Å². The fourth-order valence-electron chi connectivity index (χ4n) is 4.04. The number of fused-ring (bicyclic) bond motifs is 2. The van der Waals surface area contributed by atoms with E-state index < -0.39 is 34.9 Å². The zero-order valence-corrected chi connectivity index (χ0v) is 18.8. The average Bonchev–Trinajstić information content (AvgIpc) is 3.14. The summed E-state index contributed by atoms with van der Waals surface area (Å²) in [6.45, 7) is -0.205. The van der Waals surface area contributed by atoms with E-state index >= 15 is 0 Å². The SMILES string of the molecule is O=C(OC[C@H]1S[C@@H](O)[C@@H](F)[C@@H]1OC(=O)c1ccc2ccccc2c1)c1ccc2ccccc2c1. The van der Waals surface area contributed by atoms with Crippen LogP contribution in [0.15, 0.2) is 84.9 Å². The van der Waals surface area contributed by atoms with Gasteiger partial charge in [0.25, 0.3) is 0 Å². The molecule has 5 nitrogen and oxygen atoms in total. The van der Waals surface area contributed by atoms with Crippen LogP contribution in [0.5, 0.6) is 0 Å². The van der Waals surface area contributed by atoms with E-state index in [-0.39, 0.29) is 12.2 Å². The Morgan fingerprint density at radius 1 is 0.794 bits per heavy atom. The zero-order chi connectivity index (χ0) is 23.7. The molecule has 5 rings (SSSR count). The molecule has 4 aromatic rings. The second-order valence-corrected chi connectivity index (χ2v) is 9.46. The monoisotopic (exact) mass is 476 g/mol. The van der Waals surface area contributed by atoms with Gasteiger partial charge in [-0.2, -0.15) is 0 Å². The average molecular weight is 477 g/mol. The van der Waals surface area contributed by atoms with Gasteiger partial charge in [-0.05, 0) is 45.8 Å². The molecular formula is C27H21FO5S. The number of rotatable bonds is 5. The minimum absolute atomic E-state index is 0.205. The highest BCUT2D eigenvalue weighted by Gasteiger charge is 2.47. The van der Waals surface area contributed by atoms with Gasteiger partial charge in [-0.1, -0.05) is 60.7 Å². The van der Waals surface area contributed by atoms with Crippen molar-refractivity contribution in [3.63, 3.8) is 0 Å². The first kappa shape index (κ1) is 22.4. The molecule has 7 heteroatoms. The first-order valence-corrected chi connectivity index (χ1v) is 11.8. The van der Waals surface area contributed by atoms with Crippen molar-refractivity contribution < 1.29 is 28.6 Å². The second-order valence-electron chi connectivity index (χ2n) is 8.10. The van der Waals surface area contributed by atoms with Crippen molar-refractivity contribution in [2.75, 3.05) is 6.61 Å². The minimum atomic E-state index is -1.79. The molecule has 0 aromatic heterocycles. The minimum Gasteiger partial charge on any atom is -0.461 e. The molecule has 4 atom stereocenters. The van der Waals surface area contributed by atoms with E-state index in [0.717, 1.165) is 33.3 Å². The number of hydrogen-bond donors (Lipinski definition) is 1. The molecule has 1 N–H and O–H groups in total. The first-order chi connectivity index (χ1) is 16.5. The number of alkyl halides is 1. The Kier molecular flexibility index (Phi) is 6.22. The van der Waals surface area contributed by atoms with Gasteiger partial charge < -0.3 is 14.6 Å². The van der Waals surface area contributed by atoms with Gasteiger partial charge >= 0.3 is 11.9 Å². The highest BCUT2D eigenvalue weighted by Crippen LogP contribution is 2.37. The van der Waals surface area contributed by atoms with Crippen LogP contribution in [0.1, 0.15) is 20.7 Å². The molecule has 0 radical (unpaired) electrons. The summed E-state index contributed by atoms with van der Waals surface area (Å²) in [5, 5.41) is 13.0. The fourth-order valence-corrected chi connectivity index (χ4v) is 5.21. The van der Waals surface area contributed by atoms with Gasteiger partial charge in [0, 0.05) is 0 Å². The molecule has 4 aromatic carbocycles. The van der Waals surface area contributed by atoms with Crippen LogP contribution in [0.4, 0.5) is 4.39 Å². The van der Waals surface area contributed by atoms with Crippen LogP contribution < -0.4 is 0 Å². The summed E-state index contributed by atoms with van der Waals surface area (Å²) in [5.74, 6) is -1.26. The molecule has 0 aliphatic carbocycles. The van der Waals surface area contributed by atoms with E-state index in [2.05, 4.69) is 0 Å². The number of benzene rings is 4. The smallest absolute Gasteiger partial charge is 0.338 e. The maximum absolute atomic E-state index is 14.7. The number of ether oxygens (including phenoxy) is 2. The third-order valence-electron chi connectivity index (χ3n) is 5.86. The summed E-state index contributed by atoms with van der Waals surface area (Å²) in [6, 6.07) is 25.5. The van der Waals surface area contributed by atoms with Crippen molar-refractivity contribution in [3.8, 4) is 0 Å². The molecule has 172 valence electrons. The van der Waals surface area contributed by atoms with Gasteiger partial charge in [-0.3, -0.25) is 0 Å². The van der Waals surface area contributed by atoms with Crippen molar-refractivity contribution in [3.05, 3.63) is 96.1 Å². The molecular weight excluding hydrogens is 455 g/mol. The van der Waals surface area contributed by atoms with E-state index in [0.29, 0.717) is 5.56 Å². The summed E-state index contributed by atoms with van der Waals surface area (Å²) in [7, 11) is 0. The Balaban J connectivity index is 1.27. The third-order valence-corrected chi connectivity index (χ3v) is 7.15. The van der Waals surface area contributed by atoms with E-state index in [1.807, 2.05) is 54.6 Å². The third kappa shape index (κ3) is 4.49. The van der Waals surface area contributed by atoms with Gasteiger partial charge in [-0.15, -0.1) is 11.8 Å². The summed E-state index contributed by atoms with van der Waals surface area (Å²) in [4.78, 5) is 25.3. The number of esters is 2. The zero-order valence-electron chi connectivity index (χ0n) is 18.0. The van der Waals surface area contributed by atoms with Gasteiger partial charge in [0.15, 0.2) is 12.3 Å². The van der Waals surface area contributed by atoms with Crippen molar-refractivity contribution in [2.24, 2.45) is 0 Å². The molecule has 0 saturated carbocycles. The number of halogens is 1. The number of aliphatic hydroxyl groups excluding tert-OH is 1. The van der Waals surface area contributed by atoms with Crippen LogP contribution in [-0.4, -0.2) is 46.6 Å². The van der Waals surface area contributed by atoms with E-state index in [4.69, 9.17) is 9.47 Å². The predicted molar refractivity (Wildman–Crippen MR) is 130 cm³/mol. The lowest BCUT2D eigenvalue weighted by Gasteiger charge is -2.20. The van der Waals surface area contributed by atoms with Crippen LogP contribution in [-0.2, 0) is 9.47 Å². The molecule has 34 heavy (non-hydrogen) atoms. The predicted octanol–water partition coefficient (Wildman–Crippen LogP) is 5.15. The van der Waals surface area contributed by atoms with Crippen molar-refractivity contribution in [2.45, 2.75) is 23.0 Å². The topological polar surface area (TPSA) is 72.8 Å². The fraction of sp³-hybridized carbons (Fsp3) is 0.185. The van der Waals surface area contributed by atoms with E-state index in [9.17, 15) is 19.1 Å². The Labute approximate surface area is 199 Å². The van der Waals surface area contributed by atoms with E-state index in [1.54, 1.807) is 30.3 Å². The quantitative estimate of drug-likeness (QED) is 0.402. The molecule has 0 spiro atoms. The molecule has 1 aliphatic heterocycles. The Hall–Kier alpha value is -3.42. The summed E-state index contributed by atoms with van der Waals surface area (Å²) in [5.41, 5.74) is -0.730. The maximum Gasteiger partial charge on any atom is 0.338 e. The lowest BCUT2D eigenvalue weighted by atomic mass is 10.1. The summed E-state index contributed by atoms with van der Waals surface area (Å²) in [6.07, 6.45) is -3.04. The van der Waals surface area contributed by atoms with Crippen LogP contribution in [0.3, 0.4) is 0 Å². The molecule has 0 unspecified atom stereocenters. The molecule has 1 saturated heterocycles. The normalized spacial score (nSPS) is 22.1. The highest BCUT2D eigenvalue weighted by molar-refractivity contribution is 8.00. The van der Waals surface area contributed by atoms with Crippen molar-refractivity contribution >= 4 is 45.2 Å². The van der Waals surface area contributed by atoms with Crippen molar-refractivity contribution in [1.82, 2.24) is 0 Å². The first-order valence-electron chi connectivity index (χ1n) is 10.8. The Morgan fingerprint density at radius 2 is 1.32 bits per heavy atom. The number of thioether (sulfide) groups is 1. The van der Waals surface area contributed by atoms with Crippen LogP contribution in [0.25, 0.3) is 21.5 Å². The molecule has 1 fully saturated rings. The summed E-state index contributed by atoms with van der Waals surface area (Å²) < 4.78 is 25.5. The number of carbonyl (C=O) groups is 2. The number of aliphatic hydroxyl groups is 1. The second kappa shape index (κ2) is 9.44. The van der Waals surface area contributed by atoms with Crippen LogP contribution >= 0.6 is 11.8 Å². The Morgan fingerprint density at radius 3 is 1.91 bits per heavy atom. The Bertz CT molecular complexity index is 1370. The number of hydrogen-bond acceptors (Lipinski definition) is 6. The maximum atomic E-state index is 14.7. The van der Waals surface area contributed by atoms with Crippen LogP contribution in [0.2, 0.25) is 0 Å². The molecule has 1 heterocycles. The van der Waals surface area contributed by atoms with Crippen LogP contribution in [0, 0.1) is 0 Å². The van der Waals surface area contributed by atoms with E-state index in [1.165, 1.54) is 0 Å². The summed E-state index contributed by atoms with van der Waals surface area (Å²) >= 11 is 0.887. The highest BCUT2D eigenvalue weighted by atomic mass is 32.2. The molecule has 0 bridgehead atoms. The van der Waals surface area contributed by atoms with Gasteiger partial charge in [-0.25, -0.2) is 14.0 Å².